The van der Waals surface area contributed by atoms with Gasteiger partial charge in [-0.05, 0) is 31.9 Å². The van der Waals surface area contributed by atoms with Crippen molar-refractivity contribution in [2.75, 3.05) is 13.2 Å². The summed E-state index contributed by atoms with van der Waals surface area (Å²) in [5.74, 6) is 5.84. The van der Waals surface area contributed by atoms with Crippen LogP contribution in [0, 0.1) is 11.8 Å². The van der Waals surface area contributed by atoms with Crippen molar-refractivity contribution < 1.29 is 19.0 Å². The molecule has 0 aliphatic rings. The first-order chi connectivity index (χ1) is 9.17. The fraction of sp³-hybridized carbons (Fsp3) is 0.400. The number of carbonyl (C=O) groups is 1. The number of benzene rings is 1. The second kappa shape index (κ2) is 8.30. The van der Waals surface area contributed by atoms with E-state index in [-0.39, 0.29) is 5.97 Å². The molecule has 0 N–H and O–H groups in total. The number of rotatable bonds is 5. The fourth-order valence-corrected chi connectivity index (χ4v) is 1.38. The van der Waals surface area contributed by atoms with Crippen molar-refractivity contribution in [1.82, 2.24) is 0 Å². The maximum absolute atomic E-state index is 11.0. The van der Waals surface area contributed by atoms with Gasteiger partial charge in [0.25, 0.3) is 0 Å². The summed E-state index contributed by atoms with van der Waals surface area (Å²) in [4.78, 5) is 11.0. The Kier molecular flexibility index (Phi) is 6.65. The Balaban J connectivity index is 2.88. The Morgan fingerprint density at radius 2 is 1.84 bits per heavy atom. The summed E-state index contributed by atoms with van der Waals surface area (Å²) in [6.07, 6.45) is -0.569. The van der Waals surface area contributed by atoms with E-state index in [2.05, 4.69) is 11.8 Å². The highest BCUT2D eigenvalue weighted by Crippen LogP contribution is 2.16. The molecule has 0 unspecified atom stereocenters. The third-order valence-electron chi connectivity index (χ3n) is 2.10. The second-order valence-electron chi connectivity index (χ2n) is 3.60. The number of esters is 1. The number of hydrogen-bond acceptors (Lipinski definition) is 4. The molecular formula is C15H18O4. The van der Waals surface area contributed by atoms with Crippen LogP contribution in [0.3, 0.4) is 0 Å². The average Bonchev–Trinajstić information content (AvgIpc) is 2.37. The van der Waals surface area contributed by atoms with Gasteiger partial charge >= 0.3 is 5.97 Å². The lowest BCUT2D eigenvalue weighted by Gasteiger charge is -2.09. The maximum atomic E-state index is 11.0. The van der Waals surface area contributed by atoms with E-state index in [1.807, 2.05) is 19.9 Å². The van der Waals surface area contributed by atoms with Gasteiger partial charge in [-0.15, -0.1) is 0 Å². The second-order valence-corrected chi connectivity index (χ2v) is 3.60. The number of ether oxygens (including phenoxy) is 3. The first kappa shape index (κ1) is 15.2. The molecule has 0 saturated carbocycles. The van der Waals surface area contributed by atoms with Crippen LogP contribution in [0.1, 0.15) is 26.3 Å². The van der Waals surface area contributed by atoms with Crippen LogP contribution in [0.15, 0.2) is 24.3 Å². The van der Waals surface area contributed by atoms with Crippen molar-refractivity contribution in [1.29, 1.82) is 0 Å². The summed E-state index contributed by atoms with van der Waals surface area (Å²) in [6.45, 7) is 6.14. The van der Waals surface area contributed by atoms with Gasteiger partial charge in [0.05, 0.1) is 5.56 Å². The third kappa shape index (κ3) is 5.56. The summed E-state index contributed by atoms with van der Waals surface area (Å²) >= 11 is 0. The molecule has 0 atom stereocenters. The molecule has 1 aromatic rings. The molecule has 4 nitrogen and oxygen atoms in total. The predicted octanol–water partition coefficient (Wildman–Crippen LogP) is 2.36. The van der Waals surface area contributed by atoms with Crippen LogP contribution in [0.25, 0.3) is 0 Å². The van der Waals surface area contributed by atoms with E-state index in [0.717, 1.165) is 0 Å². The van der Waals surface area contributed by atoms with Gasteiger partial charge in [0, 0.05) is 20.1 Å². The Morgan fingerprint density at radius 1 is 1.21 bits per heavy atom. The molecule has 1 aromatic carbocycles. The largest absolute Gasteiger partial charge is 0.425 e. The highest BCUT2D eigenvalue weighted by Gasteiger charge is 2.05. The molecule has 0 saturated heterocycles. The van der Waals surface area contributed by atoms with E-state index < -0.39 is 6.29 Å². The lowest BCUT2D eigenvalue weighted by atomic mass is 10.2. The van der Waals surface area contributed by atoms with Gasteiger partial charge in [-0.3, -0.25) is 4.79 Å². The molecule has 19 heavy (non-hydrogen) atoms. The lowest BCUT2D eigenvalue weighted by molar-refractivity contribution is -0.131. The Hall–Kier alpha value is -1.83. The molecule has 0 aliphatic heterocycles. The van der Waals surface area contributed by atoms with Crippen molar-refractivity contribution in [2.45, 2.75) is 27.1 Å². The van der Waals surface area contributed by atoms with Crippen LogP contribution in [0.5, 0.6) is 5.75 Å². The first-order valence-electron chi connectivity index (χ1n) is 6.19. The monoisotopic (exact) mass is 262 g/mol. The van der Waals surface area contributed by atoms with Crippen molar-refractivity contribution in [2.24, 2.45) is 0 Å². The molecule has 0 amide bonds. The molecule has 1 rings (SSSR count). The normalized spacial score (nSPS) is 9.89. The van der Waals surface area contributed by atoms with E-state index in [1.165, 1.54) is 6.92 Å². The molecule has 0 spiro atoms. The molecule has 0 aliphatic carbocycles. The summed E-state index contributed by atoms with van der Waals surface area (Å²) in [7, 11) is 0. The zero-order valence-corrected chi connectivity index (χ0v) is 11.4. The van der Waals surface area contributed by atoms with Crippen molar-refractivity contribution >= 4 is 5.97 Å². The third-order valence-corrected chi connectivity index (χ3v) is 2.10. The first-order valence-corrected chi connectivity index (χ1v) is 6.19. The molecular weight excluding hydrogens is 244 g/mol. The van der Waals surface area contributed by atoms with E-state index in [0.29, 0.717) is 24.5 Å². The van der Waals surface area contributed by atoms with Crippen molar-refractivity contribution in [3.8, 4) is 17.6 Å². The van der Waals surface area contributed by atoms with Crippen LogP contribution in [-0.2, 0) is 14.3 Å². The molecule has 0 radical (unpaired) electrons. The summed E-state index contributed by atoms with van der Waals surface area (Å²) in [5, 5.41) is 0. The van der Waals surface area contributed by atoms with Gasteiger partial charge in [0.15, 0.2) is 0 Å². The van der Waals surface area contributed by atoms with Crippen LogP contribution in [-0.4, -0.2) is 25.5 Å². The van der Waals surface area contributed by atoms with E-state index >= 15 is 0 Å². The Labute approximate surface area is 113 Å². The van der Waals surface area contributed by atoms with Crippen LogP contribution < -0.4 is 4.74 Å². The Bertz CT molecular complexity index is 465. The van der Waals surface area contributed by atoms with Crippen molar-refractivity contribution in [3.63, 3.8) is 0 Å². The lowest BCUT2D eigenvalue weighted by Crippen LogP contribution is -2.14. The summed E-state index contributed by atoms with van der Waals surface area (Å²) in [5.41, 5.74) is 0.627. The molecule has 0 aromatic heterocycles. The maximum Gasteiger partial charge on any atom is 0.308 e. The van der Waals surface area contributed by atoms with E-state index in [4.69, 9.17) is 14.2 Å². The average molecular weight is 262 g/mol. The van der Waals surface area contributed by atoms with Gasteiger partial charge in [0.2, 0.25) is 6.29 Å². The SMILES string of the molecule is CCOC(C#Cc1ccccc1OC(C)=O)OCC. The molecule has 4 heteroatoms. The smallest absolute Gasteiger partial charge is 0.308 e. The zero-order chi connectivity index (χ0) is 14.1. The minimum Gasteiger partial charge on any atom is -0.425 e. The summed E-state index contributed by atoms with van der Waals surface area (Å²) < 4.78 is 15.7. The zero-order valence-electron chi connectivity index (χ0n) is 11.4. The Morgan fingerprint density at radius 3 is 2.42 bits per heavy atom. The number of para-hydroxylation sites is 1. The highest BCUT2D eigenvalue weighted by atomic mass is 16.7. The van der Waals surface area contributed by atoms with E-state index in [9.17, 15) is 4.79 Å². The molecule has 0 bridgehead atoms. The van der Waals surface area contributed by atoms with Gasteiger partial charge in [0.1, 0.15) is 5.75 Å². The van der Waals surface area contributed by atoms with Crippen LogP contribution >= 0.6 is 0 Å². The van der Waals surface area contributed by atoms with E-state index in [1.54, 1.807) is 18.2 Å². The fourth-order valence-electron chi connectivity index (χ4n) is 1.38. The van der Waals surface area contributed by atoms with Crippen LogP contribution in [0.4, 0.5) is 0 Å². The van der Waals surface area contributed by atoms with Gasteiger partial charge < -0.3 is 14.2 Å². The number of hydrogen-bond donors (Lipinski definition) is 0. The van der Waals surface area contributed by atoms with Crippen LogP contribution in [0.2, 0.25) is 0 Å². The van der Waals surface area contributed by atoms with Gasteiger partial charge in [-0.25, -0.2) is 0 Å². The molecule has 0 heterocycles. The molecule has 102 valence electrons. The highest BCUT2D eigenvalue weighted by molar-refractivity contribution is 5.70. The number of carbonyl (C=O) groups excluding carboxylic acids is 1. The predicted molar refractivity (Wildman–Crippen MR) is 71.7 cm³/mol. The van der Waals surface area contributed by atoms with Gasteiger partial charge in [-0.1, -0.05) is 18.1 Å². The standard InChI is InChI=1S/C15H18O4/c1-4-17-15(18-5-2)11-10-13-8-6-7-9-14(13)19-12(3)16/h6-9,15H,4-5H2,1-3H3. The minimum atomic E-state index is -0.569. The van der Waals surface area contributed by atoms with Crippen molar-refractivity contribution in [3.05, 3.63) is 29.8 Å². The minimum absolute atomic E-state index is 0.375. The van der Waals surface area contributed by atoms with Gasteiger partial charge in [-0.2, -0.15) is 0 Å². The molecule has 0 fully saturated rings. The topological polar surface area (TPSA) is 44.8 Å². The quantitative estimate of drug-likeness (QED) is 0.354. The summed E-state index contributed by atoms with van der Waals surface area (Å²) in [6, 6.07) is 7.08.